The van der Waals surface area contributed by atoms with E-state index in [1.165, 1.54) is 5.56 Å². The number of benzene rings is 1. The van der Waals surface area contributed by atoms with Gasteiger partial charge >= 0.3 is 0 Å². The molecule has 0 atom stereocenters. The van der Waals surface area contributed by atoms with Crippen molar-refractivity contribution >= 4 is 0 Å². The highest BCUT2D eigenvalue weighted by atomic mass is 16.7. The molecule has 2 rings (SSSR count). The predicted molar refractivity (Wildman–Crippen MR) is 75.1 cm³/mol. The van der Waals surface area contributed by atoms with Gasteiger partial charge in [0.15, 0.2) is 0 Å². The maximum Gasteiger partial charge on any atom is 0.283 e. The Balaban J connectivity index is 2.17. The summed E-state index contributed by atoms with van der Waals surface area (Å²) >= 11 is 0. The fraction of sp³-hybridized carbons (Fsp3) is 0.467. The van der Waals surface area contributed by atoms with Gasteiger partial charge in [0.25, 0.3) is 5.89 Å². The Morgan fingerprint density at radius 1 is 1.05 bits per heavy atom. The summed E-state index contributed by atoms with van der Waals surface area (Å²) in [6, 6.07) is 8.11. The summed E-state index contributed by atoms with van der Waals surface area (Å²) in [5, 5.41) is 3.98. The topological polar surface area (TPSA) is 57.4 Å². The van der Waals surface area contributed by atoms with Crippen LogP contribution in [0.3, 0.4) is 0 Å². The second kappa shape index (κ2) is 7.17. The third kappa shape index (κ3) is 3.43. The fourth-order valence-electron chi connectivity index (χ4n) is 1.83. The summed E-state index contributed by atoms with van der Waals surface area (Å²) in [7, 11) is 0. The van der Waals surface area contributed by atoms with Crippen molar-refractivity contribution in [2.45, 2.75) is 33.5 Å². The summed E-state index contributed by atoms with van der Waals surface area (Å²) in [6.07, 6.45) is 0.412. The summed E-state index contributed by atoms with van der Waals surface area (Å²) in [5.41, 5.74) is 2.20. The molecule has 1 aromatic heterocycles. The van der Waals surface area contributed by atoms with Crippen molar-refractivity contribution in [3.63, 3.8) is 0 Å². The van der Waals surface area contributed by atoms with Gasteiger partial charge in [0.05, 0.1) is 0 Å². The average molecular weight is 276 g/mol. The van der Waals surface area contributed by atoms with Crippen LogP contribution in [-0.4, -0.2) is 23.4 Å². The quantitative estimate of drug-likeness (QED) is 0.726. The normalized spacial score (nSPS) is 11.2. The van der Waals surface area contributed by atoms with Gasteiger partial charge in [0.1, 0.15) is 0 Å². The highest BCUT2D eigenvalue weighted by Gasteiger charge is 2.20. The monoisotopic (exact) mass is 276 g/mol. The molecule has 5 nitrogen and oxygen atoms in total. The molecule has 0 amide bonds. The zero-order chi connectivity index (χ0) is 14.4. The smallest absolute Gasteiger partial charge is 0.283 e. The van der Waals surface area contributed by atoms with Crippen molar-refractivity contribution in [3.05, 3.63) is 35.7 Å². The second-order valence-corrected chi connectivity index (χ2v) is 4.25. The molecule has 20 heavy (non-hydrogen) atoms. The molecule has 2 aromatic rings. The number of aryl methyl sites for hydroxylation is 1. The van der Waals surface area contributed by atoms with Gasteiger partial charge in [-0.25, -0.2) is 0 Å². The Morgan fingerprint density at radius 2 is 1.70 bits per heavy atom. The molecule has 0 fully saturated rings. The van der Waals surface area contributed by atoms with Crippen LogP contribution in [0.5, 0.6) is 0 Å². The SMILES string of the molecule is CCOC(OCC)c1nc(-c2ccc(CC)cc2)no1. The van der Waals surface area contributed by atoms with Crippen LogP contribution in [0.15, 0.2) is 28.8 Å². The molecule has 5 heteroatoms. The Kier molecular flexibility index (Phi) is 5.26. The third-order valence-corrected chi connectivity index (χ3v) is 2.90. The molecular weight excluding hydrogens is 256 g/mol. The van der Waals surface area contributed by atoms with E-state index in [2.05, 4.69) is 29.2 Å². The van der Waals surface area contributed by atoms with Crippen LogP contribution < -0.4 is 0 Å². The van der Waals surface area contributed by atoms with E-state index < -0.39 is 6.29 Å². The van der Waals surface area contributed by atoms with Crippen LogP contribution in [-0.2, 0) is 15.9 Å². The zero-order valence-corrected chi connectivity index (χ0v) is 12.1. The number of rotatable bonds is 7. The van der Waals surface area contributed by atoms with Crippen LogP contribution in [0.2, 0.25) is 0 Å². The number of ether oxygens (including phenoxy) is 2. The molecule has 0 saturated carbocycles. The number of hydrogen-bond donors (Lipinski definition) is 0. The lowest BCUT2D eigenvalue weighted by molar-refractivity contribution is -0.155. The minimum absolute atomic E-state index is 0.350. The predicted octanol–water partition coefficient (Wildman–Crippen LogP) is 3.37. The molecule has 0 aliphatic carbocycles. The summed E-state index contributed by atoms with van der Waals surface area (Å²) in [6.45, 7) is 6.96. The lowest BCUT2D eigenvalue weighted by atomic mass is 10.1. The third-order valence-electron chi connectivity index (χ3n) is 2.90. The van der Waals surface area contributed by atoms with Gasteiger partial charge in [-0.2, -0.15) is 4.98 Å². The number of hydrogen-bond acceptors (Lipinski definition) is 5. The summed E-state index contributed by atoms with van der Waals surface area (Å²) < 4.78 is 16.1. The number of nitrogens with zero attached hydrogens (tertiary/aromatic N) is 2. The minimum atomic E-state index is -0.596. The Hall–Kier alpha value is -1.72. The van der Waals surface area contributed by atoms with Gasteiger partial charge < -0.3 is 14.0 Å². The maximum atomic E-state index is 5.44. The molecule has 1 aromatic carbocycles. The van der Waals surface area contributed by atoms with Crippen LogP contribution in [0.1, 0.15) is 38.5 Å². The average Bonchev–Trinajstić information content (AvgIpc) is 2.97. The van der Waals surface area contributed by atoms with Crippen LogP contribution in [0, 0.1) is 0 Å². The number of aromatic nitrogens is 2. The lowest BCUT2D eigenvalue weighted by Gasteiger charge is -2.11. The highest BCUT2D eigenvalue weighted by molar-refractivity contribution is 5.54. The maximum absolute atomic E-state index is 5.44. The Morgan fingerprint density at radius 3 is 2.25 bits per heavy atom. The molecule has 0 N–H and O–H groups in total. The molecule has 0 radical (unpaired) electrons. The van der Waals surface area contributed by atoms with E-state index in [1.807, 2.05) is 26.0 Å². The molecule has 0 bridgehead atoms. The van der Waals surface area contributed by atoms with Gasteiger partial charge in [0, 0.05) is 18.8 Å². The van der Waals surface area contributed by atoms with Crippen molar-refractivity contribution in [2.75, 3.05) is 13.2 Å². The largest absolute Gasteiger partial charge is 0.345 e. The van der Waals surface area contributed by atoms with Crippen LogP contribution >= 0.6 is 0 Å². The molecule has 0 aliphatic rings. The van der Waals surface area contributed by atoms with E-state index in [9.17, 15) is 0 Å². The van der Waals surface area contributed by atoms with Crippen molar-refractivity contribution in [1.29, 1.82) is 0 Å². The lowest BCUT2D eigenvalue weighted by Crippen LogP contribution is -2.09. The Bertz CT molecular complexity index is 516. The van der Waals surface area contributed by atoms with E-state index in [0.29, 0.717) is 24.9 Å². The van der Waals surface area contributed by atoms with Gasteiger partial charge in [-0.15, -0.1) is 0 Å². The van der Waals surface area contributed by atoms with Gasteiger partial charge in [0.2, 0.25) is 12.1 Å². The fourth-order valence-corrected chi connectivity index (χ4v) is 1.83. The first-order valence-electron chi connectivity index (χ1n) is 6.94. The van der Waals surface area contributed by atoms with Gasteiger partial charge in [-0.1, -0.05) is 36.3 Å². The summed E-state index contributed by atoms with van der Waals surface area (Å²) in [5.74, 6) is 0.898. The van der Waals surface area contributed by atoms with E-state index in [1.54, 1.807) is 0 Å². The van der Waals surface area contributed by atoms with E-state index in [-0.39, 0.29) is 0 Å². The molecule has 1 heterocycles. The standard InChI is InChI=1S/C15H20N2O3/c1-4-11-7-9-12(10-8-11)13-16-14(20-17-13)15(18-5-2)19-6-3/h7-10,15H,4-6H2,1-3H3. The molecule has 0 unspecified atom stereocenters. The van der Waals surface area contributed by atoms with Gasteiger partial charge in [-0.05, 0) is 25.8 Å². The highest BCUT2D eigenvalue weighted by Crippen LogP contribution is 2.22. The molecule has 0 spiro atoms. The van der Waals surface area contributed by atoms with Crippen LogP contribution in [0.4, 0.5) is 0 Å². The molecule has 108 valence electrons. The van der Waals surface area contributed by atoms with E-state index >= 15 is 0 Å². The minimum Gasteiger partial charge on any atom is -0.345 e. The van der Waals surface area contributed by atoms with Gasteiger partial charge in [-0.3, -0.25) is 0 Å². The van der Waals surface area contributed by atoms with Crippen molar-refractivity contribution < 1.29 is 14.0 Å². The first-order chi connectivity index (χ1) is 9.78. The zero-order valence-electron chi connectivity index (χ0n) is 12.1. The molecule has 0 aliphatic heterocycles. The molecular formula is C15H20N2O3. The second-order valence-electron chi connectivity index (χ2n) is 4.25. The van der Waals surface area contributed by atoms with Crippen LogP contribution in [0.25, 0.3) is 11.4 Å². The molecule has 0 saturated heterocycles. The summed E-state index contributed by atoms with van der Waals surface area (Å²) in [4.78, 5) is 4.35. The van der Waals surface area contributed by atoms with E-state index in [0.717, 1.165) is 12.0 Å². The van der Waals surface area contributed by atoms with Crippen molar-refractivity contribution in [2.24, 2.45) is 0 Å². The van der Waals surface area contributed by atoms with Crippen molar-refractivity contribution in [1.82, 2.24) is 10.1 Å². The van der Waals surface area contributed by atoms with Crippen molar-refractivity contribution in [3.8, 4) is 11.4 Å². The first kappa shape index (κ1) is 14.7. The first-order valence-corrected chi connectivity index (χ1v) is 6.94. The van der Waals surface area contributed by atoms with E-state index in [4.69, 9.17) is 14.0 Å². The Labute approximate surface area is 118 Å².